The molecule has 0 bridgehead atoms. The lowest BCUT2D eigenvalue weighted by atomic mass is 10.2. The highest BCUT2D eigenvalue weighted by molar-refractivity contribution is 6.33. The van der Waals surface area contributed by atoms with Crippen molar-refractivity contribution in [2.45, 2.75) is 12.8 Å². The van der Waals surface area contributed by atoms with Crippen molar-refractivity contribution in [1.82, 2.24) is 4.90 Å². The first-order valence-corrected chi connectivity index (χ1v) is 6.20. The second kappa shape index (κ2) is 7.11. The zero-order valence-electron chi connectivity index (χ0n) is 11.0. The first-order chi connectivity index (χ1) is 8.54. The van der Waals surface area contributed by atoms with Crippen molar-refractivity contribution in [2.24, 2.45) is 0 Å². The van der Waals surface area contributed by atoms with E-state index in [1.165, 1.54) is 0 Å². The second-order valence-electron chi connectivity index (χ2n) is 4.16. The maximum absolute atomic E-state index is 11.4. The van der Waals surface area contributed by atoms with E-state index in [4.69, 9.17) is 16.3 Å². The van der Waals surface area contributed by atoms with E-state index in [-0.39, 0.29) is 5.91 Å². The number of carbonyl (C=O) groups is 1. The molecular weight excluding hydrogens is 252 g/mol. The minimum Gasteiger partial charge on any atom is -0.497 e. The maximum Gasteiger partial charge on any atom is 0.222 e. The summed E-state index contributed by atoms with van der Waals surface area (Å²) in [6, 6.07) is 5.44. The third kappa shape index (κ3) is 4.45. The number of ether oxygens (including phenoxy) is 1. The number of anilines is 1. The van der Waals surface area contributed by atoms with Gasteiger partial charge in [0.2, 0.25) is 5.91 Å². The molecule has 100 valence electrons. The van der Waals surface area contributed by atoms with Crippen LogP contribution in [0.2, 0.25) is 5.02 Å². The first-order valence-electron chi connectivity index (χ1n) is 5.82. The zero-order chi connectivity index (χ0) is 13.5. The average Bonchev–Trinajstić information content (AvgIpc) is 2.36. The molecule has 0 heterocycles. The fraction of sp³-hybridized carbons (Fsp3) is 0.462. The Hall–Kier alpha value is -1.42. The molecule has 0 saturated carbocycles. The monoisotopic (exact) mass is 270 g/mol. The van der Waals surface area contributed by atoms with Gasteiger partial charge in [-0.2, -0.15) is 0 Å². The maximum atomic E-state index is 11.4. The summed E-state index contributed by atoms with van der Waals surface area (Å²) in [5.74, 6) is 0.889. The van der Waals surface area contributed by atoms with E-state index in [1.54, 1.807) is 32.2 Å². The van der Waals surface area contributed by atoms with Crippen molar-refractivity contribution in [3.8, 4) is 5.75 Å². The summed E-state index contributed by atoms with van der Waals surface area (Å²) in [7, 11) is 5.13. The van der Waals surface area contributed by atoms with Gasteiger partial charge in [-0.25, -0.2) is 0 Å². The SMILES string of the molecule is COc1ccc(Cl)c(NCCCC(=O)N(C)C)c1. The van der Waals surface area contributed by atoms with E-state index in [0.717, 1.165) is 17.9 Å². The van der Waals surface area contributed by atoms with Gasteiger partial charge < -0.3 is 15.0 Å². The molecule has 0 aliphatic heterocycles. The average molecular weight is 271 g/mol. The molecule has 0 fully saturated rings. The van der Waals surface area contributed by atoms with E-state index < -0.39 is 0 Å². The Morgan fingerprint density at radius 2 is 2.17 bits per heavy atom. The van der Waals surface area contributed by atoms with Crippen LogP contribution >= 0.6 is 11.6 Å². The number of carbonyl (C=O) groups excluding carboxylic acids is 1. The minimum atomic E-state index is 0.133. The third-order valence-corrected chi connectivity index (χ3v) is 2.88. The Kier molecular flexibility index (Phi) is 5.78. The third-order valence-electron chi connectivity index (χ3n) is 2.56. The highest BCUT2D eigenvalue weighted by Crippen LogP contribution is 2.26. The van der Waals surface area contributed by atoms with Crippen LogP contribution in [0.3, 0.4) is 0 Å². The summed E-state index contributed by atoms with van der Waals surface area (Å²) in [5.41, 5.74) is 0.827. The van der Waals surface area contributed by atoms with Crippen LogP contribution in [0.5, 0.6) is 5.75 Å². The predicted molar refractivity (Wildman–Crippen MR) is 74.4 cm³/mol. The van der Waals surface area contributed by atoms with Gasteiger partial charge in [-0.1, -0.05) is 11.6 Å². The number of nitrogens with one attached hydrogen (secondary N) is 1. The van der Waals surface area contributed by atoms with E-state index in [0.29, 0.717) is 18.0 Å². The molecule has 5 heteroatoms. The van der Waals surface area contributed by atoms with Gasteiger partial charge in [0.05, 0.1) is 17.8 Å². The molecule has 0 aliphatic rings. The van der Waals surface area contributed by atoms with E-state index in [1.807, 2.05) is 12.1 Å². The summed E-state index contributed by atoms with van der Waals surface area (Å²) >= 11 is 6.05. The number of hydrogen-bond acceptors (Lipinski definition) is 3. The molecule has 4 nitrogen and oxygen atoms in total. The highest BCUT2D eigenvalue weighted by Gasteiger charge is 2.04. The summed E-state index contributed by atoms with van der Waals surface area (Å²) in [4.78, 5) is 13.0. The molecule has 1 N–H and O–H groups in total. The molecular formula is C13H19ClN2O2. The van der Waals surface area contributed by atoms with Crippen LogP contribution in [0.15, 0.2) is 18.2 Å². The predicted octanol–water partition coefficient (Wildman–Crippen LogP) is 2.63. The number of rotatable bonds is 6. The smallest absolute Gasteiger partial charge is 0.222 e. The summed E-state index contributed by atoms with van der Waals surface area (Å²) in [6.07, 6.45) is 1.30. The fourth-order valence-corrected chi connectivity index (χ4v) is 1.64. The number of amides is 1. The van der Waals surface area contributed by atoms with Crippen molar-refractivity contribution < 1.29 is 9.53 Å². The largest absolute Gasteiger partial charge is 0.497 e. The molecule has 0 spiro atoms. The molecule has 0 aliphatic carbocycles. The Labute approximate surface area is 113 Å². The van der Waals surface area contributed by atoms with Gasteiger partial charge in [0.15, 0.2) is 0 Å². The van der Waals surface area contributed by atoms with Gasteiger partial charge >= 0.3 is 0 Å². The van der Waals surface area contributed by atoms with Gasteiger partial charge in [-0.05, 0) is 18.6 Å². The summed E-state index contributed by atoms with van der Waals surface area (Å²) in [5, 5.41) is 3.85. The van der Waals surface area contributed by atoms with Gasteiger partial charge in [0.25, 0.3) is 0 Å². The van der Waals surface area contributed by atoms with Gasteiger partial charge in [0, 0.05) is 33.1 Å². The van der Waals surface area contributed by atoms with Crippen LogP contribution in [0, 0.1) is 0 Å². The first kappa shape index (κ1) is 14.6. The van der Waals surface area contributed by atoms with E-state index in [9.17, 15) is 4.79 Å². The van der Waals surface area contributed by atoms with Crippen molar-refractivity contribution in [3.63, 3.8) is 0 Å². The fourth-order valence-electron chi connectivity index (χ4n) is 1.45. The molecule has 0 radical (unpaired) electrons. The normalized spacial score (nSPS) is 10.0. The van der Waals surface area contributed by atoms with Crippen molar-refractivity contribution >= 4 is 23.2 Å². The van der Waals surface area contributed by atoms with Crippen molar-refractivity contribution in [2.75, 3.05) is 33.1 Å². The molecule has 0 saturated heterocycles. The van der Waals surface area contributed by atoms with Crippen LogP contribution in [-0.2, 0) is 4.79 Å². The molecule has 0 unspecified atom stereocenters. The molecule has 1 amide bonds. The summed E-state index contributed by atoms with van der Waals surface area (Å²) < 4.78 is 5.13. The van der Waals surface area contributed by atoms with Crippen LogP contribution in [0.1, 0.15) is 12.8 Å². The molecule has 1 aromatic carbocycles. The lowest BCUT2D eigenvalue weighted by Gasteiger charge is -2.12. The zero-order valence-corrected chi connectivity index (χ0v) is 11.8. The van der Waals surface area contributed by atoms with Crippen molar-refractivity contribution in [3.05, 3.63) is 23.2 Å². The Bertz CT molecular complexity index is 408. The molecule has 18 heavy (non-hydrogen) atoms. The van der Waals surface area contributed by atoms with Crippen LogP contribution < -0.4 is 10.1 Å². The molecule has 0 aromatic heterocycles. The van der Waals surface area contributed by atoms with Gasteiger partial charge in [-0.15, -0.1) is 0 Å². The Balaban J connectivity index is 2.41. The van der Waals surface area contributed by atoms with E-state index >= 15 is 0 Å². The second-order valence-corrected chi connectivity index (χ2v) is 4.57. The number of nitrogens with zero attached hydrogens (tertiary/aromatic N) is 1. The number of methoxy groups -OCH3 is 1. The standard InChI is InChI=1S/C13H19ClN2O2/c1-16(2)13(17)5-4-8-15-12-9-10(18-3)6-7-11(12)14/h6-7,9,15H,4-5,8H2,1-3H3. The lowest BCUT2D eigenvalue weighted by Crippen LogP contribution is -2.22. The molecule has 1 rings (SSSR count). The Morgan fingerprint density at radius 1 is 1.44 bits per heavy atom. The number of benzene rings is 1. The number of hydrogen-bond donors (Lipinski definition) is 1. The summed E-state index contributed by atoms with van der Waals surface area (Å²) in [6.45, 7) is 0.701. The lowest BCUT2D eigenvalue weighted by molar-refractivity contribution is -0.128. The molecule has 1 aromatic rings. The van der Waals surface area contributed by atoms with Crippen molar-refractivity contribution in [1.29, 1.82) is 0 Å². The highest BCUT2D eigenvalue weighted by atomic mass is 35.5. The van der Waals surface area contributed by atoms with E-state index in [2.05, 4.69) is 5.32 Å². The molecule has 0 atom stereocenters. The number of halogens is 1. The van der Waals surface area contributed by atoms with Crippen LogP contribution in [-0.4, -0.2) is 38.6 Å². The quantitative estimate of drug-likeness (QED) is 0.808. The Morgan fingerprint density at radius 3 is 2.78 bits per heavy atom. The van der Waals surface area contributed by atoms with Crippen LogP contribution in [0.25, 0.3) is 0 Å². The van der Waals surface area contributed by atoms with Gasteiger partial charge in [-0.3, -0.25) is 4.79 Å². The topological polar surface area (TPSA) is 41.6 Å². The van der Waals surface area contributed by atoms with Crippen LogP contribution in [0.4, 0.5) is 5.69 Å². The van der Waals surface area contributed by atoms with Gasteiger partial charge in [0.1, 0.15) is 5.75 Å². The minimum absolute atomic E-state index is 0.133.